The Bertz CT molecular complexity index is 2000. The first-order chi connectivity index (χ1) is 50.4. The summed E-state index contributed by atoms with van der Waals surface area (Å²) in [6.45, 7) is 9.65. The average molecular weight is 1520 g/mol. The van der Waals surface area contributed by atoms with E-state index in [-0.39, 0.29) is 25.7 Å². The van der Waals surface area contributed by atoms with Crippen LogP contribution in [0.1, 0.15) is 452 Å². The lowest BCUT2D eigenvalue weighted by Crippen LogP contribution is -2.30. The number of hydrogen-bond acceptors (Lipinski definition) is 15. The van der Waals surface area contributed by atoms with Crippen molar-refractivity contribution < 1.29 is 80.2 Å². The molecule has 0 aliphatic heterocycles. The predicted octanol–water partition coefficient (Wildman–Crippen LogP) is 25.8. The largest absolute Gasteiger partial charge is 0.472 e. The summed E-state index contributed by atoms with van der Waals surface area (Å²) >= 11 is 0. The quantitative estimate of drug-likeness (QED) is 0.0222. The van der Waals surface area contributed by atoms with E-state index >= 15 is 0 Å². The zero-order valence-electron chi connectivity index (χ0n) is 68.3. The molecule has 0 bridgehead atoms. The Kier molecular flexibility index (Phi) is 75.0. The van der Waals surface area contributed by atoms with Gasteiger partial charge in [-0.3, -0.25) is 37.3 Å². The summed E-state index contributed by atoms with van der Waals surface area (Å²) in [6.07, 6.45) is 68.1. The Morgan fingerprint density at radius 1 is 0.279 bits per heavy atom. The molecule has 0 amide bonds. The maximum absolute atomic E-state index is 13.1. The van der Waals surface area contributed by atoms with Gasteiger partial charge in [0.15, 0.2) is 12.2 Å². The lowest BCUT2D eigenvalue weighted by molar-refractivity contribution is -0.161. The Morgan fingerprint density at radius 3 is 0.731 bits per heavy atom. The zero-order chi connectivity index (χ0) is 76.4. The molecule has 0 fully saturated rings. The van der Waals surface area contributed by atoms with Gasteiger partial charge in [0.25, 0.3) is 0 Å². The number of carbonyl (C=O) groups is 4. The number of phosphoric ester groups is 2. The highest BCUT2D eigenvalue weighted by molar-refractivity contribution is 7.47. The van der Waals surface area contributed by atoms with Gasteiger partial charge in [-0.25, -0.2) is 9.13 Å². The summed E-state index contributed by atoms with van der Waals surface area (Å²) in [5.41, 5.74) is 0. The van der Waals surface area contributed by atoms with Crippen LogP contribution >= 0.6 is 15.6 Å². The molecular weight excluding hydrogens is 1350 g/mol. The summed E-state index contributed by atoms with van der Waals surface area (Å²) < 4.78 is 68.9. The van der Waals surface area contributed by atoms with Gasteiger partial charge in [-0.15, -0.1) is 0 Å². The number of hydrogen-bond donors (Lipinski definition) is 3. The van der Waals surface area contributed by atoms with Gasteiger partial charge in [-0.05, 0) is 37.5 Å². The third-order valence-corrected chi connectivity index (χ3v) is 22.2. The second-order valence-corrected chi connectivity index (χ2v) is 34.2. The highest BCUT2D eigenvalue weighted by Crippen LogP contribution is 2.45. The lowest BCUT2D eigenvalue weighted by Gasteiger charge is -2.21. The van der Waals surface area contributed by atoms with Gasteiger partial charge in [0.05, 0.1) is 26.4 Å². The maximum atomic E-state index is 13.1. The van der Waals surface area contributed by atoms with E-state index < -0.39 is 97.5 Å². The number of rotatable bonds is 84. The van der Waals surface area contributed by atoms with Crippen LogP contribution in [0.4, 0.5) is 0 Å². The Morgan fingerprint density at radius 2 is 0.490 bits per heavy atom. The lowest BCUT2D eigenvalue weighted by atomic mass is 10.00. The summed E-state index contributed by atoms with van der Waals surface area (Å²) in [5, 5.41) is 10.7. The first kappa shape index (κ1) is 102. The molecule has 0 aliphatic rings. The molecule has 6 atom stereocenters. The summed E-state index contributed by atoms with van der Waals surface area (Å²) in [4.78, 5) is 73.2. The van der Waals surface area contributed by atoms with E-state index in [1.54, 1.807) is 0 Å². The van der Waals surface area contributed by atoms with Crippen molar-refractivity contribution in [3.63, 3.8) is 0 Å². The third-order valence-electron chi connectivity index (χ3n) is 20.3. The first-order valence-electron chi connectivity index (χ1n) is 44.0. The van der Waals surface area contributed by atoms with Gasteiger partial charge in [0, 0.05) is 25.7 Å². The van der Waals surface area contributed by atoms with E-state index in [0.717, 1.165) is 108 Å². The van der Waals surface area contributed by atoms with Crippen LogP contribution in [0, 0.1) is 11.8 Å². The molecule has 0 heterocycles. The monoisotopic (exact) mass is 1520 g/mol. The molecule has 0 aromatic carbocycles. The summed E-state index contributed by atoms with van der Waals surface area (Å²) in [7, 11) is -9.93. The second-order valence-electron chi connectivity index (χ2n) is 31.3. The van der Waals surface area contributed by atoms with Gasteiger partial charge in [-0.1, -0.05) is 401 Å². The van der Waals surface area contributed by atoms with Gasteiger partial charge in [0.2, 0.25) is 0 Å². The van der Waals surface area contributed by atoms with E-state index in [0.29, 0.717) is 25.7 Å². The second kappa shape index (κ2) is 76.4. The fourth-order valence-electron chi connectivity index (χ4n) is 13.2. The van der Waals surface area contributed by atoms with Crippen LogP contribution in [-0.4, -0.2) is 96.7 Å². The average Bonchev–Trinajstić information content (AvgIpc) is 0.922. The maximum Gasteiger partial charge on any atom is 0.472 e. The normalized spacial score (nSPS) is 14.1. The first-order valence-corrected chi connectivity index (χ1v) is 47.0. The third kappa shape index (κ3) is 76.8. The Balaban J connectivity index is 5.23. The molecule has 0 radical (unpaired) electrons. The molecule has 3 N–H and O–H groups in total. The molecule has 0 aliphatic carbocycles. The number of ether oxygens (including phenoxy) is 4. The summed E-state index contributed by atoms with van der Waals surface area (Å²) in [6, 6.07) is 0. The molecule has 0 aromatic rings. The highest BCUT2D eigenvalue weighted by atomic mass is 31.2. The van der Waals surface area contributed by atoms with Crippen molar-refractivity contribution in [2.45, 2.75) is 471 Å². The van der Waals surface area contributed by atoms with Gasteiger partial charge < -0.3 is 33.8 Å². The van der Waals surface area contributed by atoms with Crippen LogP contribution in [0.5, 0.6) is 0 Å². The molecule has 0 saturated heterocycles. The molecule has 618 valence electrons. The molecule has 0 aromatic heterocycles. The number of phosphoric acid groups is 2. The van der Waals surface area contributed by atoms with Crippen LogP contribution in [0.25, 0.3) is 0 Å². The van der Waals surface area contributed by atoms with Crippen LogP contribution < -0.4 is 0 Å². The molecule has 0 rings (SSSR count). The van der Waals surface area contributed by atoms with Crippen LogP contribution in [0.2, 0.25) is 0 Å². The zero-order valence-corrected chi connectivity index (χ0v) is 70.1. The van der Waals surface area contributed by atoms with Gasteiger partial charge in [0.1, 0.15) is 19.3 Å². The van der Waals surface area contributed by atoms with E-state index in [9.17, 15) is 43.2 Å². The molecule has 0 saturated carbocycles. The SMILES string of the molecule is CCCCCCCCCCCCCCCCCCCCCCC(=O)O[C@H](COC(=O)CCCCCCCCCCCCCCCCC(C)C)COP(=O)(O)OC[C@@H](O)COP(=O)(O)OC[C@@H](COC(=O)CCCCCCCCC(C)CC)OC(=O)CCCCCCCCCCCCCCCCCCC. The fourth-order valence-corrected chi connectivity index (χ4v) is 14.8. The Hall–Kier alpha value is -1.94. The topological polar surface area (TPSA) is 237 Å². The number of carbonyl (C=O) groups excluding carboxylic acids is 4. The molecular formula is C85H166O17P2. The van der Waals surface area contributed by atoms with Crippen LogP contribution in [0.3, 0.4) is 0 Å². The van der Waals surface area contributed by atoms with Crippen molar-refractivity contribution in [2.24, 2.45) is 11.8 Å². The molecule has 19 heteroatoms. The molecule has 0 spiro atoms. The minimum Gasteiger partial charge on any atom is -0.462 e. The number of aliphatic hydroxyl groups excluding tert-OH is 1. The van der Waals surface area contributed by atoms with E-state index in [1.807, 2.05) is 0 Å². The Labute approximate surface area is 638 Å². The predicted molar refractivity (Wildman–Crippen MR) is 428 cm³/mol. The molecule has 17 nitrogen and oxygen atoms in total. The van der Waals surface area contributed by atoms with Crippen molar-refractivity contribution in [3.05, 3.63) is 0 Å². The van der Waals surface area contributed by atoms with Crippen molar-refractivity contribution in [1.29, 1.82) is 0 Å². The van der Waals surface area contributed by atoms with Crippen molar-refractivity contribution >= 4 is 39.5 Å². The van der Waals surface area contributed by atoms with Gasteiger partial charge in [-0.2, -0.15) is 0 Å². The summed E-state index contributed by atoms with van der Waals surface area (Å²) in [5.74, 6) is -0.574. The number of aliphatic hydroxyl groups is 1. The van der Waals surface area contributed by atoms with Crippen molar-refractivity contribution in [3.8, 4) is 0 Å². The minimum absolute atomic E-state index is 0.108. The highest BCUT2D eigenvalue weighted by Gasteiger charge is 2.30. The van der Waals surface area contributed by atoms with Gasteiger partial charge >= 0.3 is 39.5 Å². The van der Waals surface area contributed by atoms with E-state index in [2.05, 4.69) is 41.5 Å². The van der Waals surface area contributed by atoms with Crippen molar-refractivity contribution in [1.82, 2.24) is 0 Å². The van der Waals surface area contributed by atoms with E-state index in [4.69, 9.17) is 37.0 Å². The standard InChI is InChI=1S/C85H166O17P2/c1-7-10-12-14-16-18-20-22-24-26-27-28-30-32-38-42-46-50-58-63-69-84(89)101-80(73-95-82(87)67-61-55-48-44-40-36-34-33-35-39-43-47-53-59-65-77(4)5)75-99-103(91,92)97-71-79(86)72-98-104(93,94)100-76-81(74-96-83(88)68-62-56-52-51-54-60-66-78(6)9-3)102-85(90)70-64-57-49-45-41-37-31-29-25-23-21-19-17-15-13-11-8-2/h77-81,86H,7-76H2,1-6H3,(H,91,92)(H,93,94)/t78?,79-,80-,81-/m1/s1. The van der Waals surface area contributed by atoms with Crippen molar-refractivity contribution in [2.75, 3.05) is 39.6 Å². The number of esters is 4. The minimum atomic E-state index is -4.97. The molecule has 104 heavy (non-hydrogen) atoms. The number of unbranched alkanes of at least 4 members (excludes halogenated alkanes) is 53. The molecule has 3 unspecified atom stereocenters. The van der Waals surface area contributed by atoms with E-state index in [1.165, 1.54) is 263 Å². The fraction of sp³-hybridized carbons (Fsp3) is 0.953. The smallest absolute Gasteiger partial charge is 0.462 e. The van der Waals surface area contributed by atoms with Crippen LogP contribution in [0.15, 0.2) is 0 Å². The van der Waals surface area contributed by atoms with Crippen LogP contribution in [-0.2, 0) is 65.4 Å².